The van der Waals surface area contributed by atoms with Gasteiger partial charge in [-0.2, -0.15) is 0 Å². The van der Waals surface area contributed by atoms with Crippen LogP contribution >= 0.6 is 7.60 Å². The maximum Gasteiger partial charge on any atom is 0.373 e. The van der Waals surface area contributed by atoms with E-state index in [1.807, 2.05) is 13.0 Å². The predicted octanol–water partition coefficient (Wildman–Crippen LogP) is 5.46. The van der Waals surface area contributed by atoms with Crippen LogP contribution in [0.2, 0.25) is 0 Å². The van der Waals surface area contributed by atoms with Crippen LogP contribution in [-0.2, 0) is 18.8 Å². The van der Waals surface area contributed by atoms with E-state index in [4.69, 9.17) is 15.5 Å². The SMILES string of the molecule is CCP(=O)(ON)OOCC=C(C)CCC=C(C)CCC=C(C)C. The average Bonchev–Trinajstić information content (AvgIpc) is 2.51. The summed E-state index contributed by atoms with van der Waals surface area (Å²) in [5, 5.41) is 0. The van der Waals surface area contributed by atoms with E-state index in [9.17, 15) is 4.57 Å². The molecule has 0 aliphatic rings. The molecule has 2 N–H and O–H groups in total. The van der Waals surface area contributed by atoms with Crippen molar-refractivity contribution >= 4 is 7.60 Å². The van der Waals surface area contributed by atoms with E-state index in [0.717, 1.165) is 25.7 Å². The normalized spacial score (nSPS) is 15.4. The van der Waals surface area contributed by atoms with Crippen LogP contribution in [0.4, 0.5) is 0 Å². The lowest BCUT2D eigenvalue weighted by Gasteiger charge is -2.11. The molecule has 134 valence electrons. The van der Waals surface area contributed by atoms with E-state index < -0.39 is 7.60 Å². The number of rotatable bonds is 12. The molecule has 0 heterocycles. The summed E-state index contributed by atoms with van der Waals surface area (Å²) in [5.74, 6) is 4.91. The van der Waals surface area contributed by atoms with Gasteiger partial charge in [-0.3, -0.25) is 4.57 Å². The summed E-state index contributed by atoms with van der Waals surface area (Å²) >= 11 is 0. The van der Waals surface area contributed by atoms with Crippen LogP contribution in [0.1, 0.15) is 60.3 Å². The highest BCUT2D eigenvalue weighted by molar-refractivity contribution is 7.53. The molecule has 0 aliphatic carbocycles. The number of hydrogen-bond donors (Lipinski definition) is 1. The highest BCUT2D eigenvalue weighted by Crippen LogP contribution is 2.45. The molecule has 0 spiro atoms. The molecule has 23 heavy (non-hydrogen) atoms. The Morgan fingerprint density at radius 2 is 1.57 bits per heavy atom. The summed E-state index contributed by atoms with van der Waals surface area (Å²) < 4.78 is 20.7. The zero-order valence-electron chi connectivity index (χ0n) is 15.1. The third-order valence-corrected chi connectivity index (χ3v) is 4.77. The Labute approximate surface area is 141 Å². The first-order valence-electron chi connectivity index (χ1n) is 8.06. The molecule has 0 saturated heterocycles. The molecular formula is C17H32NO4P. The van der Waals surface area contributed by atoms with Crippen LogP contribution in [0, 0.1) is 0 Å². The lowest BCUT2D eigenvalue weighted by atomic mass is 10.1. The van der Waals surface area contributed by atoms with Crippen LogP contribution in [0.5, 0.6) is 0 Å². The third kappa shape index (κ3) is 12.4. The Bertz CT molecular complexity index is 457. The highest BCUT2D eigenvalue weighted by atomic mass is 31.2. The van der Waals surface area contributed by atoms with Gasteiger partial charge in [0, 0.05) is 0 Å². The highest BCUT2D eigenvalue weighted by Gasteiger charge is 2.21. The maximum atomic E-state index is 11.6. The second kappa shape index (κ2) is 12.7. The second-order valence-corrected chi connectivity index (χ2v) is 8.07. The van der Waals surface area contributed by atoms with E-state index in [2.05, 4.69) is 37.5 Å². The lowest BCUT2D eigenvalue weighted by molar-refractivity contribution is -0.204. The van der Waals surface area contributed by atoms with Crippen molar-refractivity contribution in [1.82, 2.24) is 0 Å². The van der Waals surface area contributed by atoms with Crippen molar-refractivity contribution in [3.63, 3.8) is 0 Å². The van der Waals surface area contributed by atoms with E-state index in [1.165, 1.54) is 16.7 Å². The van der Waals surface area contributed by atoms with Crippen LogP contribution < -0.4 is 5.90 Å². The van der Waals surface area contributed by atoms with Gasteiger partial charge < -0.3 is 0 Å². The van der Waals surface area contributed by atoms with Gasteiger partial charge in [0.2, 0.25) is 0 Å². The van der Waals surface area contributed by atoms with Crippen LogP contribution in [0.25, 0.3) is 0 Å². The minimum Gasteiger partial charge on any atom is -0.256 e. The first kappa shape index (κ1) is 22.3. The first-order chi connectivity index (χ1) is 10.8. The van der Waals surface area contributed by atoms with E-state index in [1.54, 1.807) is 6.92 Å². The molecule has 0 rings (SSSR count). The molecule has 0 saturated carbocycles. The van der Waals surface area contributed by atoms with Gasteiger partial charge in [0.05, 0.1) is 6.16 Å². The lowest BCUT2D eigenvalue weighted by Crippen LogP contribution is -2.04. The fourth-order valence-electron chi connectivity index (χ4n) is 1.77. The molecule has 0 bridgehead atoms. The molecule has 1 atom stereocenters. The van der Waals surface area contributed by atoms with Crippen LogP contribution in [0.15, 0.2) is 34.9 Å². The molecule has 0 radical (unpaired) electrons. The van der Waals surface area contributed by atoms with Gasteiger partial charge in [-0.05, 0) is 53.4 Å². The Hall–Kier alpha value is -0.710. The van der Waals surface area contributed by atoms with Crippen molar-refractivity contribution in [2.45, 2.75) is 60.3 Å². The van der Waals surface area contributed by atoms with Gasteiger partial charge in [0.15, 0.2) is 0 Å². The van der Waals surface area contributed by atoms with Gasteiger partial charge in [-0.1, -0.05) is 41.9 Å². The zero-order valence-corrected chi connectivity index (χ0v) is 16.0. The second-order valence-electron chi connectivity index (χ2n) is 5.85. The Balaban J connectivity index is 3.98. The molecule has 0 aromatic carbocycles. The molecule has 0 aliphatic heterocycles. The zero-order chi connectivity index (χ0) is 17.7. The topological polar surface area (TPSA) is 70.8 Å². The molecule has 0 amide bonds. The summed E-state index contributed by atoms with van der Waals surface area (Å²) in [4.78, 5) is 4.89. The summed E-state index contributed by atoms with van der Waals surface area (Å²) in [5.41, 5.74) is 3.98. The number of hydrogen-bond acceptors (Lipinski definition) is 5. The van der Waals surface area contributed by atoms with Gasteiger partial charge >= 0.3 is 7.60 Å². The fourth-order valence-corrected chi connectivity index (χ4v) is 2.28. The smallest absolute Gasteiger partial charge is 0.256 e. The summed E-state index contributed by atoms with van der Waals surface area (Å²) in [6, 6.07) is 0. The molecule has 0 aromatic rings. The first-order valence-corrected chi connectivity index (χ1v) is 9.79. The summed E-state index contributed by atoms with van der Waals surface area (Å²) in [7, 11) is -3.28. The van der Waals surface area contributed by atoms with E-state index in [0.29, 0.717) is 0 Å². The molecule has 0 fully saturated rings. The molecule has 6 heteroatoms. The van der Waals surface area contributed by atoms with Crippen LogP contribution in [0.3, 0.4) is 0 Å². The fraction of sp³-hybridized carbons (Fsp3) is 0.647. The third-order valence-electron chi connectivity index (χ3n) is 3.34. The predicted molar refractivity (Wildman–Crippen MR) is 95.9 cm³/mol. The Kier molecular flexibility index (Phi) is 12.3. The molecule has 5 nitrogen and oxygen atoms in total. The van der Waals surface area contributed by atoms with Crippen molar-refractivity contribution in [3.05, 3.63) is 34.9 Å². The van der Waals surface area contributed by atoms with E-state index in [-0.39, 0.29) is 12.8 Å². The summed E-state index contributed by atoms with van der Waals surface area (Å²) in [6.07, 6.45) is 10.8. The van der Waals surface area contributed by atoms with Crippen molar-refractivity contribution in [3.8, 4) is 0 Å². The number of nitrogens with two attached hydrogens (primary N) is 1. The van der Waals surface area contributed by atoms with Gasteiger partial charge in [-0.15, -0.1) is 4.67 Å². The van der Waals surface area contributed by atoms with E-state index >= 15 is 0 Å². The van der Waals surface area contributed by atoms with Gasteiger partial charge in [0.1, 0.15) is 6.61 Å². The van der Waals surface area contributed by atoms with Gasteiger partial charge in [-0.25, -0.2) is 15.4 Å². The molecule has 0 aromatic heterocycles. The van der Waals surface area contributed by atoms with Crippen molar-refractivity contribution < 1.29 is 18.8 Å². The van der Waals surface area contributed by atoms with Crippen molar-refractivity contribution in [2.24, 2.45) is 5.90 Å². The van der Waals surface area contributed by atoms with Crippen molar-refractivity contribution in [1.29, 1.82) is 0 Å². The molecule has 1 unspecified atom stereocenters. The standard InChI is InChI=1S/C17H32NO4P/c1-6-23(19,21-18)22-20-14-13-17(5)12-8-11-16(4)10-7-9-15(2)3/h9,11,13H,6-8,10,12,14,18H2,1-5H3. The van der Waals surface area contributed by atoms with Crippen LogP contribution in [-0.4, -0.2) is 12.8 Å². The minimum absolute atomic E-state index is 0.170. The molecular weight excluding hydrogens is 313 g/mol. The Morgan fingerprint density at radius 1 is 1.00 bits per heavy atom. The number of allylic oxidation sites excluding steroid dienone is 5. The monoisotopic (exact) mass is 345 g/mol. The van der Waals surface area contributed by atoms with Crippen molar-refractivity contribution in [2.75, 3.05) is 12.8 Å². The summed E-state index contributed by atoms with van der Waals surface area (Å²) in [6.45, 7) is 10.3. The largest absolute Gasteiger partial charge is 0.373 e. The minimum atomic E-state index is -3.28. The quantitative estimate of drug-likeness (QED) is 0.167. The van der Waals surface area contributed by atoms with Gasteiger partial charge in [0.25, 0.3) is 0 Å². The maximum absolute atomic E-state index is 11.6. The Morgan fingerprint density at radius 3 is 2.09 bits per heavy atom. The average molecular weight is 345 g/mol.